The monoisotopic (exact) mass is 266 g/mol. The average Bonchev–Trinajstić information content (AvgIpc) is 2.82. The van der Waals surface area contributed by atoms with Crippen molar-refractivity contribution in [1.29, 1.82) is 0 Å². The average molecular weight is 267 g/mol. The van der Waals surface area contributed by atoms with E-state index in [2.05, 4.69) is 15.0 Å². The Kier molecular flexibility index (Phi) is 3.84. The first-order valence-electron chi connectivity index (χ1n) is 5.21. The highest BCUT2D eigenvalue weighted by molar-refractivity contribution is 6.32. The molecule has 0 aliphatic heterocycles. The first-order valence-corrected chi connectivity index (χ1v) is 5.59. The van der Waals surface area contributed by atoms with Crippen LogP contribution in [-0.4, -0.2) is 18.2 Å². The molecule has 6 heteroatoms. The number of ether oxygens (including phenoxy) is 1. The van der Waals surface area contributed by atoms with Gasteiger partial charge in [-0.1, -0.05) is 16.8 Å². The Morgan fingerprint density at radius 1 is 1.50 bits per heavy atom. The highest BCUT2D eigenvalue weighted by Crippen LogP contribution is 2.27. The lowest BCUT2D eigenvalue weighted by atomic mass is 10.2. The van der Waals surface area contributed by atoms with Gasteiger partial charge < -0.3 is 14.6 Å². The van der Waals surface area contributed by atoms with Crippen molar-refractivity contribution in [3.63, 3.8) is 0 Å². The molecule has 2 rings (SSSR count). The molecule has 2 aromatic rings. The predicted molar refractivity (Wildman–Crippen MR) is 66.8 cm³/mol. The minimum atomic E-state index is -0.190. The second-order valence-corrected chi connectivity index (χ2v) is 3.97. The normalized spacial score (nSPS) is 10.1. The molecule has 1 amide bonds. The Hall–Kier alpha value is -2.01. The number of halogens is 1. The Morgan fingerprint density at radius 2 is 2.33 bits per heavy atom. The van der Waals surface area contributed by atoms with Crippen LogP contribution in [-0.2, 0) is 11.2 Å². The number of hydrogen-bond donors (Lipinski definition) is 1. The SMILES string of the molecule is COc1ccc(NC(=O)Cc2ccon2)cc1Cl. The third-order valence-corrected chi connectivity index (χ3v) is 2.56. The van der Waals surface area contributed by atoms with Crippen molar-refractivity contribution in [3.8, 4) is 5.75 Å². The van der Waals surface area contributed by atoms with E-state index >= 15 is 0 Å². The van der Waals surface area contributed by atoms with Crippen molar-refractivity contribution >= 4 is 23.2 Å². The van der Waals surface area contributed by atoms with Gasteiger partial charge in [0.1, 0.15) is 12.0 Å². The Bertz CT molecular complexity index is 540. The van der Waals surface area contributed by atoms with Gasteiger partial charge in [-0.25, -0.2) is 0 Å². The third kappa shape index (κ3) is 3.01. The van der Waals surface area contributed by atoms with Gasteiger partial charge >= 0.3 is 0 Å². The zero-order valence-electron chi connectivity index (χ0n) is 9.64. The van der Waals surface area contributed by atoms with Crippen molar-refractivity contribution in [2.45, 2.75) is 6.42 Å². The predicted octanol–water partition coefficient (Wildman–Crippen LogP) is 2.52. The van der Waals surface area contributed by atoms with Crippen LogP contribution in [0.1, 0.15) is 5.69 Å². The number of benzene rings is 1. The van der Waals surface area contributed by atoms with Crippen LogP contribution in [0.2, 0.25) is 5.02 Å². The number of nitrogens with zero attached hydrogens (tertiary/aromatic N) is 1. The van der Waals surface area contributed by atoms with Gasteiger partial charge in [0.2, 0.25) is 5.91 Å². The van der Waals surface area contributed by atoms with Crippen molar-refractivity contribution in [2.24, 2.45) is 0 Å². The summed E-state index contributed by atoms with van der Waals surface area (Å²) < 4.78 is 9.67. The van der Waals surface area contributed by atoms with Crippen LogP contribution in [0.4, 0.5) is 5.69 Å². The largest absolute Gasteiger partial charge is 0.495 e. The quantitative estimate of drug-likeness (QED) is 0.923. The van der Waals surface area contributed by atoms with E-state index in [0.717, 1.165) is 0 Å². The minimum Gasteiger partial charge on any atom is -0.495 e. The number of anilines is 1. The van der Waals surface area contributed by atoms with Gasteiger partial charge in [-0.3, -0.25) is 4.79 Å². The fourth-order valence-electron chi connectivity index (χ4n) is 1.44. The van der Waals surface area contributed by atoms with Crippen LogP contribution in [0.3, 0.4) is 0 Å². The maximum absolute atomic E-state index is 11.7. The van der Waals surface area contributed by atoms with Gasteiger partial charge in [-0.2, -0.15) is 0 Å². The summed E-state index contributed by atoms with van der Waals surface area (Å²) in [5.74, 6) is 0.372. The molecular formula is C12H11ClN2O3. The molecule has 0 aliphatic carbocycles. The summed E-state index contributed by atoms with van der Waals surface area (Å²) >= 11 is 5.95. The summed E-state index contributed by atoms with van der Waals surface area (Å²) in [6, 6.07) is 6.67. The molecule has 0 saturated carbocycles. The lowest BCUT2D eigenvalue weighted by Gasteiger charge is -2.07. The fourth-order valence-corrected chi connectivity index (χ4v) is 1.70. The molecule has 5 nitrogen and oxygen atoms in total. The van der Waals surface area contributed by atoms with Crippen molar-refractivity contribution in [2.75, 3.05) is 12.4 Å². The number of rotatable bonds is 4. The van der Waals surface area contributed by atoms with Crippen LogP contribution in [0.5, 0.6) is 5.75 Å². The molecule has 0 atom stereocenters. The van der Waals surface area contributed by atoms with Crippen LogP contribution >= 0.6 is 11.6 Å². The molecule has 1 aromatic heterocycles. The maximum atomic E-state index is 11.7. The molecular weight excluding hydrogens is 256 g/mol. The molecule has 1 aromatic carbocycles. The number of hydrogen-bond acceptors (Lipinski definition) is 4. The second-order valence-electron chi connectivity index (χ2n) is 3.57. The van der Waals surface area contributed by atoms with E-state index in [9.17, 15) is 4.79 Å². The topological polar surface area (TPSA) is 64.4 Å². The zero-order valence-corrected chi connectivity index (χ0v) is 10.4. The molecule has 0 aliphatic rings. The van der Waals surface area contributed by atoms with Crippen molar-refractivity contribution in [3.05, 3.63) is 41.2 Å². The molecule has 0 unspecified atom stereocenters. The van der Waals surface area contributed by atoms with E-state index in [1.165, 1.54) is 13.4 Å². The van der Waals surface area contributed by atoms with Crippen molar-refractivity contribution < 1.29 is 14.1 Å². The lowest BCUT2D eigenvalue weighted by molar-refractivity contribution is -0.115. The summed E-state index contributed by atoms with van der Waals surface area (Å²) in [4.78, 5) is 11.7. The Morgan fingerprint density at radius 3 is 2.94 bits per heavy atom. The maximum Gasteiger partial charge on any atom is 0.230 e. The van der Waals surface area contributed by atoms with Gasteiger partial charge in [-0.15, -0.1) is 0 Å². The zero-order chi connectivity index (χ0) is 13.0. The number of nitrogens with one attached hydrogen (secondary N) is 1. The lowest BCUT2D eigenvalue weighted by Crippen LogP contribution is -2.14. The van der Waals surface area contributed by atoms with E-state index < -0.39 is 0 Å². The number of amides is 1. The van der Waals surface area contributed by atoms with Gasteiger partial charge in [0.15, 0.2) is 0 Å². The smallest absolute Gasteiger partial charge is 0.230 e. The molecule has 0 spiro atoms. The van der Waals surface area contributed by atoms with Crippen LogP contribution < -0.4 is 10.1 Å². The van der Waals surface area contributed by atoms with E-state index in [4.69, 9.17) is 16.3 Å². The van der Waals surface area contributed by atoms with Gasteiger partial charge in [0.05, 0.1) is 24.2 Å². The number of methoxy groups -OCH3 is 1. The van der Waals surface area contributed by atoms with Crippen LogP contribution in [0.15, 0.2) is 35.1 Å². The summed E-state index contributed by atoms with van der Waals surface area (Å²) in [6.07, 6.45) is 1.58. The molecule has 0 saturated heterocycles. The molecule has 0 bridgehead atoms. The first-order chi connectivity index (χ1) is 8.69. The molecule has 1 N–H and O–H groups in total. The van der Waals surface area contributed by atoms with Gasteiger partial charge in [0.25, 0.3) is 0 Å². The van der Waals surface area contributed by atoms with Crippen LogP contribution in [0, 0.1) is 0 Å². The molecule has 1 heterocycles. The first kappa shape index (κ1) is 12.4. The number of carbonyl (C=O) groups excluding carboxylic acids is 1. The van der Waals surface area contributed by atoms with E-state index in [1.807, 2.05) is 0 Å². The summed E-state index contributed by atoms with van der Waals surface area (Å²) in [6.45, 7) is 0. The van der Waals surface area contributed by atoms with E-state index in [-0.39, 0.29) is 12.3 Å². The van der Waals surface area contributed by atoms with E-state index in [1.54, 1.807) is 24.3 Å². The molecule has 94 valence electrons. The molecule has 18 heavy (non-hydrogen) atoms. The molecule has 0 fully saturated rings. The number of aromatic nitrogens is 1. The fraction of sp³-hybridized carbons (Fsp3) is 0.167. The summed E-state index contributed by atoms with van der Waals surface area (Å²) in [5, 5.41) is 6.81. The van der Waals surface area contributed by atoms with Crippen molar-refractivity contribution in [1.82, 2.24) is 5.16 Å². The van der Waals surface area contributed by atoms with E-state index in [0.29, 0.717) is 22.2 Å². The van der Waals surface area contributed by atoms with Crippen LogP contribution in [0.25, 0.3) is 0 Å². The highest BCUT2D eigenvalue weighted by atomic mass is 35.5. The standard InChI is InChI=1S/C12H11ClN2O3/c1-17-11-3-2-8(6-10(11)13)14-12(16)7-9-4-5-18-15-9/h2-6H,7H2,1H3,(H,14,16). The second kappa shape index (κ2) is 5.55. The Balaban J connectivity index is 2.01. The summed E-state index contributed by atoms with van der Waals surface area (Å²) in [7, 11) is 1.53. The van der Waals surface area contributed by atoms with Gasteiger partial charge in [0, 0.05) is 11.8 Å². The van der Waals surface area contributed by atoms with Gasteiger partial charge in [-0.05, 0) is 18.2 Å². The Labute approximate surface area is 109 Å². The molecule has 0 radical (unpaired) electrons. The number of carbonyl (C=O) groups is 1. The summed E-state index contributed by atoms with van der Waals surface area (Å²) in [5.41, 5.74) is 1.18. The minimum absolute atomic E-state index is 0.153. The third-order valence-electron chi connectivity index (χ3n) is 2.27. The highest BCUT2D eigenvalue weighted by Gasteiger charge is 2.08.